The zero-order valence-electron chi connectivity index (χ0n) is 11.4. The van der Waals surface area contributed by atoms with E-state index in [9.17, 15) is 0 Å². The average Bonchev–Trinajstić information content (AvgIpc) is 2.86. The van der Waals surface area contributed by atoms with Gasteiger partial charge in [0.05, 0.1) is 13.2 Å². The topological polar surface area (TPSA) is 30.5 Å². The highest BCUT2D eigenvalue weighted by molar-refractivity contribution is 5.40. The normalized spacial score (nSPS) is 15.2. The molecule has 3 nitrogen and oxygen atoms in total. The van der Waals surface area contributed by atoms with E-state index in [2.05, 4.69) is 30.4 Å². The van der Waals surface area contributed by atoms with Crippen molar-refractivity contribution in [2.45, 2.75) is 32.7 Å². The number of ether oxygens (including phenoxy) is 2. The van der Waals surface area contributed by atoms with Crippen molar-refractivity contribution in [3.05, 3.63) is 29.3 Å². The van der Waals surface area contributed by atoms with E-state index < -0.39 is 0 Å². The molecule has 1 aliphatic rings. The van der Waals surface area contributed by atoms with Gasteiger partial charge in [0, 0.05) is 25.6 Å². The molecule has 1 aromatic carbocycles. The molecule has 0 radical (unpaired) electrons. The number of hydrogen-bond acceptors (Lipinski definition) is 3. The second-order valence-electron chi connectivity index (χ2n) is 4.58. The lowest BCUT2D eigenvalue weighted by molar-refractivity contribution is 0.146. The van der Waals surface area contributed by atoms with Gasteiger partial charge in [-0.2, -0.15) is 0 Å². The number of hydrogen-bond donors (Lipinski definition) is 1. The van der Waals surface area contributed by atoms with Crippen LogP contribution >= 0.6 is 0 Å². The zero-order valence-corrected chi connectivity index (χ0v) is 11.4. The molecule has 0 saturated heterocycles. The molecule has 0 aromatic heterocycles. The minimum Gasteiger partial charge on any atom is -0.493 e. The smallest absolute Gasteiger partial charge is 0.122 e. The molecule has 1 atom stereocenters. The summed E-state index contributed by atoms with van der Waals surface area (Å²) in [5.74, 6) is 1.06. The summed E-state index contributed by atoms with van der Waals surface area (Å²) in [6.45, 7) is 7.53. The molecule has 1 aliphatic heterocycles. The van der Waals surface area contributed by atoms with Gasteiger partial charge in [0.2, 0.25) is 0 Å². The van der Waals surface area contributed by atoms with Crippen molar-refractivity contribution in [1.82, 2.24) is 5.32 Å². The Labute approximate surface area is 109 Å². The molecule has 0 amide bonds. The van der Waals surface area contributed by atoms with Gasteiger partial charge in [-0.15, -0.1) is 0 Å². The maximum atomic E-state index is 5.54. The van der Waals surface area contributed by atoms with Crippen LogP contribution in [0.1, 0.15) is 37.4 Å². The Morgan fingerprint density at radius 3 is 3.06 bits per heavy atom. The van der Waals surface area contributed by atoms with Crippen molar-refractivity contribution in [1.29, 1.82) is 0 Å². The highest BCUT2D eigenvalue weighted by Gasteiger charge is 2.15. The van der Waals surface area contributed by atoms with E-state index in [4.69, 9.17) is 9.47 Å². The summed E-state index contributed by atoms with van der Waals surface area (Å²) in [5, 5.41) is 3.55. The van der Waals surface area contributed by atoms with Crippen LogP contribution in [0.4, 0.5) is 0 Å². The van der Waals surface area contributed by atoms with Crippen molar-refractivity contribution in [2.75, 3.05) is 26.4 Å². The Hall–Kier alpha value is -1.06. The van der Waals surface area contributed by atoms with Crippen molar-refractivity contribution in [3.8, 4) is 5.75 Å². The average molecular weight is 249 g/mol. The predicted molar refractivity (Wildman–Crippen MR) is 73.2 cm³/mol. The van der Waals surface area contributed by atoms with Gasteiger partial charge in [-0.05, 0) is 30.5 Å². The second kappa shape index (κ2) is 6.76. The third kappa shape index (κ3) is 3.24. The maximum absolute atomic E-state index is 5.54. The molecule has 3 heteroatoms. The van der Waals surface area contributed by atoms with E-state index in [1.54, 1.807) is 0 Å². The summed E-state index contributed by atoms with van der Waals surface area (Å²) in [4.78, 5) is 0. The van der Waals surface area contributed by atoms with E-state index >= 15 is 0 Å². The molecular weight excluding hydrogens is 226 g/mol. The van der Waals surface area contributed by atoms with Crippen LogP contribution in [0.15, 0.2) is 18.2 Å². The minimum absolute atomic E-state index is 0.413. The van der Waals surface area contributed by atoms with E-state index in [-0.39, 0.29) is 0 Å². The Morgan fingerprint density at radius 2 is 2.28 bits per heavy atom. The molecule has 1 N–H and O–H groups in total. The molecule has 0 bridgehead atoms. The molecule has 2 rings (SSSR count). The molecule has 0 spiro atoms. The highest BCUT2D eigenvalue weighted by atomic mass is 16.5. The van der Waals surface area contributed by atoms with Gasteiger partial charge in [0.25, 0.3) is 0 Å². The molecule has 18 heavy (non-hydrogen) atoms. The summed E-state index contributed by atoms with van der Waals surface area (Å²) in [5.41, 5.74) is 2.70. The van der Waals surface area contributed by atoms with Gasteiger partial charge in [0.15, 0.2) is 0 Å². The van der Waals surface area contributed by atoms with Gasteiger partial charge >= 0.3 is 0 Å². The SMILES string of the molecule is CCOCCNC(CC)c1ccc2c(c1)CCO2. The molecule has 1 aromatic rings. The van der Waals surface area contributed by atoms with Crippen LogP contribution < -0.4 is 10.1 Å². The number of fused-ring (bicyclic) bond motifs is 1. The first-order valence-electron chi connectivity index (χ1n) is 6.92. The first kappa shape index (κ1) is 13.4. The zero-order chi connectivity index (χ0) is 12.8. The summed E-state index contributed by atoms with van der Waals surface area (Å²) in [6.07, 6.45) is 2.13. The summed E-state index contributed by atoms with van der Waals surface area (Å²) >= 11 is 0. The van der Waals surface area contributed by atoms with Crippen LogP contribution in [-0.2, 0) is 11.2 Å². The highest BCUT2D eigenvalue weighted by Crippen LogP contribution is 2.28. The fourth-order valence-corrected chi connectivity index (χ4v) is 2.37. The molecule has 1 unspecified atom stereocenters. The number of rotatable bonds is 7. The quantitative estimate of drug-likeness (QED) is 0.754. The Balaban J connectivity index is 1.94. The first-order valence-corrected chi connectivity index (χ1v) is 6.92. The van der Waals surface area contributed by atoms with Crippen LogP contribution in [-0.4, -0.2) is 26.4 Å². The lowest BCUT2D eigenvalue weighted by Gasteiger charge is -2.18. The fourth-order valence-electron chi connectivity index (χ4n) is 2.37. The van der Waals surface area contributed by atoms with E-state index in [0.717, 1.165) is 45.0 Å². The van der Waals surface area contributed by atoms with E-state index in [1.165, 1.54) is 11.1 Å². The third-order valence-electron chi connectivity index (χ3n) is 3.37. The van der Waals surface area contributed by atoms with Crippen molar-refractivity contribution >= 4 is 0 Å². The summed E-state index contributed by atoms with van der Waals surface area (Å²) in [6, 6.07) is 6.97. The molecular formula is C15H23NO2. The van der Waals surface area contributed by atoms with Crippen molar-refractivity contribution in [2.24, 2.45) is 0 Å². The molecule has 100 valence electrons. The van der Waals surface area contributed by atoms with E-state index in [0.29, 0.717) is 6.04 Å². The second-order valence-corrected chi connectivity index (χ2v) is 4.58. The Kier molecular flexibility index (Phi) is 5.02. The third-order valence-corrected chi connectivity index (χ3v) is 3.37. The van der Waals surface area contributed by atoms with Crippen LogP contribution in [0, 0.1) is 0 Å². The largest absolute Gasteiger partial charge is 0.493 e. The standard InChI is InChI=1S/C15H23NO2/c1-3-14(16-8-10-17-4-2)12-5-6-15-13(11-12)7-9-18-15/h5-6,11,14,16H,3-4,7-10H2,1-2H3. The van der Waals surface area contributed by atoms with Crippen LogP contribution in [0.3, 0.4) is 0 Å². The monoisotopic (exact) mass is 249 g/mol. The first-order chi connectivity index (χ1) is 8.85. The Bertz CT molecular complexity index is 379. The summed E-state index contributed by atoms with van der Waals surface area (Å²) in [7, 11) is 0. The molecule has 1 heterocycles. The Morgan fingerprint density at radius 1 is 1.39 bits per heavy atom. The molecule has 0 saturated carbocycles. The van der Waals surface area contributed by atoms with Gasteiger partial charge < -0.3 is 14.8 Å². The summed E-state index contributed by atoms with van der Waals surface area (Å²) < 4.78 is 10.9. The number of nitrogens with one attached hydrogen (secondary N) is 1. The minimum atomic E-state index is 0.413. The van der Waals surface area contributed by atoms with Gasteiger partial charge in [-0.3, -0.25) is 0 Å². The van der Waals surface area contributed by atoms with Crippen molar-refractivity contribution in [3.63, 3.8) is 0 Å². The lowest BCUT2D eigenvalue weighted by Crippen LogP contribution is -2.25. The van der Waals surface area contributed by atoms with E-state index in [1.807, 2.05) is 6.92 Å². The molecule has 0 fully saturated rings. The van der Waals surface area contributed by atoms with Crippen LogP contribution in [0.2, 0.25) is 0 Å². The number of benzene rings is 1. The van der Waals surface area contributed by atoms with Gasteiger partial charge in [-0.1, -0.05) is 19.1 Å². The fraction of sp³-hybridized carbons (Fsp3) is 0.600. The van der Waals surface area contributed by atoms with Gasteiger partial charge in [0.1, 0.15) is 5.75 Å². The van der Waals surface area contributed by atoms with Crippen molar-refractivity contribution < 1.29 is 9.47 Å². The predicted octanol–water partition coefficient (Wildman–Crippen LogP) is 2.70. The maximum Gasteiger partial charge on any atom is 0.122 e. The van der Waals surface area contributed by atoms with Gasteiger partial charge in [-0.25, -0.2) is 0 Å². The van der Waals surface area contributed by atoms with Crippen LogP contribution in [0.5, 0.6) is 5.75 Å². The van der Waals surface area contributed by atoms with Crippen LogP contribution in [0.25, 0.3) is 0 Å². The lowest BCUT2D eigenvalue weighted by atomic mass is 10.0. The molecule has 0 aliphatic carbocycles.